The standard InChI is InChI=1S/C21H19N3O4/c1-24-19(20(25)26)13(11-23-24)10-22-21(27)28-12-18-16-8-4-2-6-14(16)15-7-3-5-9-17(15)18/h2-9,11,18H,10,12H2,1H3,(H,22,27)(H,25,26). The van der Waals surface area contributed by atoms with Crippen molar-refractivity contribution >= 4 is 12.1 Å². The number of carbonyl (C=O) groups excluding carboxylic acids is 1. The third kappa shape index (κ3) is 3.11. The molecule has 2 N–H and O–H groups in total. The van der Waals surface area contributed by atoms with E-state index in [0.717, 1.165) is 22.3 Å². The number of carboxylic acids is 1. The molecule has 28 heavy (non-hydrogen) atoms. The average molecular weight is 377 g/mol. The third-order valence-electron chi connectivity index (χ3n) is 4.98. The van der Waals surface area contributed by atoms with Crippen molar-refractivity contribution in [1.82, 2.24) is 15.1 Å². The molecule has 0 bridgehead atoms. The largest absolute Gasteiger partial charge is 0.477 e. The summed E-state index contributed by atoms with van der Waals surface area (Å²) in [6.45, 7) is 0.241. The first-order valence-corrected chi connectivity index (χ1v) is 8.89. The van der Waals surface area contributed by atoms with Gasteiger partial charge in [0, 0.05) is 18.5 Å². The first-order valence-electron chi connectivity index (χ1n) is 8.89. The maximum absolute atomic E-state index is 12.2. The van der Waals surface area contributed by atoms with Crippen LogP contribution in [-0.2, 0) is 18.3 Å². The number of carboxylic acid groups (broad SMARTS) is 1. The van der Waals surface area contributed by atoms with Crippen LogP contribution in [0, 0.1) is 0 Å². The zero-order valence-corrected chi connectivity index (χ0v) is 15.3. The number of ether oxygens (including phenoxy) is 1. The van der Waals surface area contributed by atoms with Gasteiger partial charge in [-0.1, -0.05) is 48.5 Å². The molecule has 0 spiro atoms. The van der Waals surface area contributed by atoms with Gasteiger partial charge in [0.15, 0.2) is 5.69 Å². The highest BCUT2D eigenvalue weighted by atomic mass is 16.5. The Morgan fingerprint density at radius 1 is 1.11 bits per heavy atom. The Balaban J connectivity index is 1.43. The van der Waals surface area contributed by atoms with Crippen molar-refractivity contribution in [1.29, 1.82) is 0 Å². The fraction of sp³-hybridized carbons (Fsp3) is 0.190. The number of fused-ring (bicyclic) bond motifs is 3. The molecule has 0 unspecified atom stereocenters. The van der Waals surface area contributed by atoms with E-state index >= 15 is 0 Å². The van der Waals surface area contributed by atoms with Gasteiger partial charge < -0.3 is 15.2 Å². The van der Waals surface area contributed by atoms with E-state index in [0.29, 0.717) is 5.56 Å². The highest BCUT2D eigenvalue weighted by Crippen LogP contribution is 2.44. The summed E-state index contributed by atoms with van der Waals surface area (Å²) in [5.41, 5.74) is 5.05. The second-order valence-corrected chi connectivity index (χ2v) is 6.63. The van der Waals surface area contributed by atoms with Crippen LogP contribution >= 0.6 is 0 Å². The molecule has 1 heterocycles. The normalized spacial score (nSPS) is 12.3. The van der Waals surface area contributed by atoms with Crippen LogP contribution < -0.4 is 5.32 Å². The fourth-order valence-corrected chi connectivity index (χ4v) is 3.70. The summed E-state index contributed by atoms with van der Waals surface area (Å²) in [6.07, 6.45) is 0.828. The van der Waals surface area contributed by atoms with E-state index in [9.17, 15) is 14.7 Å². The summed E-state index contributed by atoms with van der Waals surface area (Å²) in [7, 11) is 1.54. The molecule has 0 saturated carbocycles. The number of hydrogen-bond acceptors (Lipinski definition) is 4. The summed E-state index contributed by atoms with van der Waals surface area (Å²) < 4.78 is 6.70. The topological polar surface area (TPSA) is 93.5 Å². The number of aryl methyl sites for hydroxylation is 1. The molecular weight excluding hydrogens is 358 g/mol. The molecule has 142 valence electrons. The highest BCUT2D eigenvalue weighted by Gasteiger charge is 2.29. The van der Waals surface area contributed by atoms with Crippen LogP contribution in [0.2, 0.25) is 0 Å². The van der Waals surface area contributed by atoms with Crippen molar-refractivity contribution in [2.45, 2.75) is 12.5 Å². The molecule has 0 aliphatic heterocycles. The van der Waals surface area contributed by atoms with Gasteiger partial charge in [-0.05, 0) is 22.3 Å². The zero-order valence-electron chi connectivity index (χ0n) is 15.3. The summed E-state index contributed by atoms with van der Waals surface area (Å²) >= 11 is 0. The molecule has 7 nitrogen and oxygen atoms in total. The number of benzene rings is 2. The molecule has 1 aliphatic carbocycles. The Kier molecular flexibility index (Phi) is 4.57. The van der Waals surface area contributed by atoms with E-state index in [1.54, 1.807) is 7.05 Å². The van der Waals surface area contributed by atoms with Gasteiger partial charge in [-0.2, -0.15) is 5.10 Å². The minimum Gasteiger partial charge on any atom is -0.477 e. The van der Waals surface area contributed by atoms with Gasteiger partial charge in [-0.3, -0.25) is 4.68 Å². The van der Waals surface area contributed by atoms with Crippen LogP contribution in [-0.4, -0.2) is 33.6 Å². The highest BCUT2D eigenvalue weighted by molar-refractivity contribution is 5.87. The first-order chi connectivity index (χ1) is 13.6. The molecule has 7 heteroatoms. The molecule has 0 fully saturated rings. The SMILES string of the molecule is Cn1ncc(CNC(=O)OCC2c3ccccc3-c3ccccc32)c1C(=O)O. The Hall–Kier alpha value is -3.61. The number of aromatic nitrogens is 2. The van der Waals surface area contributed by atoms with Gasteiger partial charge >= 0.3 is 12.1 Å². The van der Waals surface area contributed by atoms with Crippen molar-refractivity contribution in [3.8, 4) is 11.1 Å². The fourth-order valence-electron chi connectivity index (χ4n) is 3.70. The Bertz CT molecular complexity index is 1010. The van der Waals surface area contributed by atoms with Crippen LogP contribution in [0.3, 0.4) is 0 Å². The van der Waals surface area contributed by atoms with E-state index < -0.39 is 12.1 Å². The zero-order chi connectivity index (χ0) is 19.7. The van der Waals surface area contributed by atoms with Crippen LogP contribution in [0.5, 0.6) is 0 Å². The molecule has 0 saturated heterocycles. The number of aromatic carboxylic acids is 1. The van der Waals surface area contributed by atoms with Gasteiger partial charge in [0.05, 0.1) is 12.7 Å². The van der Waals surface area contributed by atoms with E-state index in [2.05, 4.69) is 34.7 Å². The minimum atomic E-state index is -1.09. The molecule has 1 aliphatic rings. The lowest BCUT2D eigenvalue weighted by Gasteiger charge is -2.14. The number of nitrogens with zero attached hydrogens (tertiary/aromatic N) is 2. The van der Waals surface area contributed by atoms with Crippen LogP contribution in [0.15, 0.2) is 54.7 Å². The summed E-state index contributed by atoms with van der Waals surface area (Å²) in [5, 5.41) is 15.7. The maximum atomic E-state index is 12.2. The van der Waals surface area contributed by atoms with Crippen molar-refractivity contribution < 1.29 is 19.4 Å². The summed E-state index contributed by atoms with van der Waals surface area (Å²) in [5.74, 6) is -1.12. The molecule has 3 aromatic rings. The van der Waals surface area contributed by atoms with Crippen molar-refractivity contribution in [3.63, 3.8) is 0 Å². The second-order valence-electron chi connectivity index (χ2n) is 6.63. The maximum Gasteiger partial charge on any atom is 0.407 e. The van der Waals surface area contributed by atoms with Crippen molar-refractivity contribution in [3.05, 3.63) is 77.1 Å². The second kappa shape index (κ2) is 7.19. The predicted molar refractivity (Wildman–Crippen MR) is 102 cm³/mol. The van der Waals surface area contributed by atoms with Gasteiger partial charge in [0.25, 0.3) is 0 Å². The summed E-state index contributed by atoms with van der Waals surface area (Å²) in [6, 6.07) is 16.2. The number of carbonyl (C=O) groups is 2. The quantitative estimate of drug-likeness (QED) is 0.712. The van der Waals surface area contributed by atoms with E-state index in [1.165, 1.54) is 10.9 Å². The van der Waals surface area contributed by atoms with E-state index in [4.69, 9.17) is 4.74 Å². The van der Waals surface area contributed by atoms with Gasteiger partial charge in [-0.15, -0.1) is 0 Å². The number of amides is 1. The van der Waals surface area contributed by atoms with Gasteiger partial charge in [-0.25, -0.2) is 9.59 Å². The first kappa shape index (κ1) is 17.8. The molecule has 1 amide bonds. The van der Waals surface area contributed by atoms with Crippen LogP contribution in [0.1, 0.15) is 33.1 Å². The lowest BCUT2D eigenvalue weighted by molar-refractivity contribution is 0.0683. The molecule has 0 radical (unpaired) electrons. The molecule has 4 rings (SSSR count). The predicted octanol–water partition coefficient (Wildman–Crippen LogP) is 3.16. The number of nitrogens with one attached hydrogen (secondary N) is 1. The Labute approximate surface area is 161 Å². The Morgan fingerprint density at radius 2 is 1.71 bits per heavy atom. The van der Waals surface area contributed by atoms with Gasteiger partial charge in [0.1, 0.15) is 6.61 Å². The molecule has 1 aromatic heterocycles. The van der Waals surface area contributed by atoms with E-state index in [-0.39, 0.29) is 24.8 Å². The van der Waals surface area contributed by atoms with E-state index in [1.807, 2.05) is 24.3 Å². The smallest absolute Gasteiger partial charge is 0.407 e. The lowest BCUT2D eigenvalue weighted by atomic mass is 9.98. The Morgan fingerprint density at radius 3 is 2.32 bits per heavy atom. The molecular formula is C21H19N3O4. The van der Waals surface area contributed by atoms with Crippen molar-refractivity contribution in [2.24, 2.45) is 7.05 Å². The van der Waals surface area contributed by atoms with Crippen molar-refractivity contribution in [2.75, 3.05) is 6.61 Å². The summed E-state index contributed by atoms with van der Waals surface area (Å²) in [4.78, 5) is 23.5. The third-order valence-corrected chi connectivity index (χ3v) is 4.98. The molecule has 0 atom stereocenters. The number of hydrogen-bond donors (Lipinski definition) is 2. The monoisotopic (exact) mass is 377 g/mol. The number of alkyl carbamates (subject to hydrolysis) is 1. The number of rotatable bonds is 5. The molecule has 2 aromatic carbocycles. The lowest BCUT2D eigenvalue weighted by Crippen LogP contribution is -2.26. The van der Waals surface area contributed by atoms with Crippen LogP contribution in [0.4, 0.5) is 4.79 Å². The van der Waals surface area contributed by atoms with Gasteiger partial charge in [0.2, 0.25) is 0 Å². The van der Waals surface area contributed by atoms with Crippen LogP contribution in [0.25, 0.3) is 11.1 Å². The minimum absolute atomic E-state index is 0.0221. The average Bonchev–Trinajstić information content (AvgIpc) is 3.22.